The number of ether oxygens (including phenoxy) is 1. The molecule has 2 saturated heterocycles. The third-order valence-corrected chi connectivity index (χ3v) is 8.79. The zero-order chi connectivity index (χ0) is 29.4. The van der Waals surface area contributed by atoms with Gasteiger partial charge in [0, 0.05) is 36.9 Å². The summed E-state index contributed by atoms with van der Waals surface area (Å²) in [6, 6.07) is 23.1. The van der Waals surface area contributed by atoms with Gasteiger partial charge in [0.15, 0.2) is 5.11 Å². The monoisotopic (exact) mass is 599 g/mol. The molecule has 0 unspecified atom stereocenters. The summed E-state index contributed by atoms with van der Waals surface area (Å²) in [7, 11) is 1.40. The predicted molar refractivity (Wildman–Crippen MR) is 172 cm³/mol. The van der Waals surface area contributed by atoms with E-state index in [4.69, 9.17) is 28.6 Å². The van der Waals surface area contributed by atoms with Crippen molar-refractivity contribution in [3.05, 3.63) is 107 Å². The molecule has 4 aromatic rings. The molecule has 7 nitrogen and oxygen atoms in total. The summed E-state index contributed by atoms with van der Waals surface area (Å²) in [5.74, 6) is 0.834. The van der Waals surface area contributed by atoms with Gasteiger partial charge < -0.3 is 24.4 Å². The number of pyridine rings is 1. The second-order valence-electron chi connectivity index (χ2n) is 11.3. The summed E-state index contributed by atoms with van der Waals surface area (Å²) in [6.45, 7) is 6.58. The number of hydrogen-bond acceptors (Lipinski definition) is 5. The number of rotatable bonds is 6. The van der Waals surface area contributed by atoms with Crippen LogP contribution in [0.2, 0.25) is 5.02 Å². The van der Waals surface area contributed by atoms with Crippen LogP contribution in [0.25, 0.3) is 5.69 Å². The number of nitrogens with one attached hydrogen (secondary N) is 1. The van der Waals surface area contributed by atoms with Gasteiger partial charge in [0.05, 0.1) is 40.8 Å². The van der Waals surface area contributed by atoms with Gasteiger partial charge in [-0.15, -0.1) is 0 Å². The van der Waals surface area contributed by atoms with Gasteiger partial charge in [-0.3, -0.25) is 4.98 Å². The van der Waals surface area contributed by atoms with Gasteiger partial charge in [0.1, 0.15) is 6.04 Å². The average Bonchev–Trinajstić information content (AvgIpc) is 3.60. The highest BCUT2D eigenvalue weighted by Crippen LogP contribution is 2.44. The van der Waals surface area contributed by atoms with Crippen molar-refractivity contribution >= 4 is 46.3 Å². The molecule has 0 radical (unpaired) electrons. The number of anilines is 2. The highest BCUT2D eigenvalue weighted by atomic mass is 35.5. The van der Waals surface area contributed by atoms with Gasteiger partial charge in [-0.1, -0.05) is 43.6 Å². The summed E-state index contributed by atoms with van der Waals surface area (Å²) in [5.41, 5.74) is 4.93. The Labute approximate surface area is 257 Å². The lowest BCUT2D eigenvalue weighted by Crippen LogP contribution is -2.38. The number of esters is 1. The number of carbonyl (C=O) groups excluding carboxylic acids is 1. The smallest absolute Gasteiger partial charge is 0.339 e. The number of methoxy groups -OCH3 is 1. The van der Waals surface area contributed by atoms with Gasteiger partial charge in [-0.25, -0.2) is 4.79 Å². The minimum absolute atomic E-state index is 0.250. The van der Waals surface area contributed by atoms with Crippen LogP contribution < -0.4 is 15.1 Å². The highest BCUT2D eigenvalue weighted by molar-refractivity contribution is 7.80. The number of para-hydroxylation sites is 1. The van der Waals surface area contributed by atoms with Crippen LogP contribution in [0.1, 0.15) is 54.1 Å². The lowest BCUT2D eigenvalue weighted by atomic mass is 9.91. The van der Waals surface area contributed by atoms with Gasteiger partial charge >= 0.3 is 5.97 Å². The molecule has 1 N–H and O–H groups in total. The van der Waals surface area contributed by atoms with Gasteiger partial charge in [-0.05, 0) is 85.1 Å². The van der Waals surface area contributed by atoms with Crippen LogP contribution in [-0.2, 0) is 4.74 Å². The first-order valence-electron chi connectivity index (χ1n) is 14.3. The molecule has 4 atom stereocenters. The van der Waals surface area contributed by atoms with Crippen molar-refractivity contribution in [2.24, 2.45) is 11.8 Å². The first kappa shape index (κ1) is 28.2. The largest absolute Gasteiger partial charge is 0.465 e. The Balaban J connectivity index is 1.45. The summed E-state index contributed by atoms with van der Waals surface area (Å²) < 4.78 is 7.13. The van der Waals surface area contributed by atoms with Crippen LogP contribution in [0.3, 0.4) is 0 Å². The minimum Gasteiger partial charge on any atom is -0.465 e. The Kier molecular flexibility index (Phi) is 7.92. The van der Waals surface area contributed by atoms with E-state index in [9.17, 15) is 4.79 Å². The van der Waals surface area contributed by atoms with Crippen LogP contribution in [0.5, 0.6) is 0 Å². The molecule has 0 aliphatic carbocycles. The number of thiocarbonyl (C=S) groups is 1. The van der Waals surface area contributed by atoms with Crippen LogP contribution >= 0.6 is 23.8 Å². The van der Waals surface area contributed by atoms with E-state index in [1.165, 1.54) is 13.5 Å². The molecule has 42 heavy (non-hydrogen) atoms. The third kappa shape index (κ3) is 5.25. The number of piperidine rings is 1. The lowest BCUT2D eigenvalue weighted by Gasteiger charge is -2.37. The molecular weight excluding hydrogens is 566 g/mol. The van der Waals surface area contributed by atoms with E-state index in [-0.39, 0.29) is 12.1 Å². The standard InChI is InChI=1S/C33H34ClN5O2S/c1-21-17-22(2)20-37(19-21)28-14-13-23(18-25(28)34)39-31(30(36-33(39)42)26-10-6-7-15-35-26)29-12-8-16-38(29)27-11-5-4-9-24(27)32(40)41-3/h4-16,18,21-22,30-31H,17,19-20H2,1-3H3,(H,36,42)/t21-,22-,30+,31-/m1/s1. The van der Waals surface area contributed by atoms with Crippen molar-refractivity contribution in [1.82, 2.24) is 14.9 Å². The molecule has 6 rings (SSSR count). The summed E-state index contributed by atoms with van der Waals surface area (Å²) in [4.78, 5) is 21.9. The molecule has 0 saturated carbocycles. The van der Waals surface area contributed by atoms with Crippen molar-refractivity contribution in [2.45, 2.75) is 32.4 Å². The van der Waals surface area contributed by atoms with E-state index in [0.29, 0.717) is 27.5 Å². The Morgan fingerprint density at radius 1 is 1.00 bits per heavy atom. The van der Waals surface area contributed by atoms with E-state index in [1.54, 1.807) is 12.3 Å². The Bertz CT molecular complexity index is 1600. The molecule has 2 fully saturated rings. The number of halogens is 1. The van der Waals surface area contributed by atoms with Crippen LogP contribution in [0.4, 0.5) is 11.4 Å². The van der Waals surface area contributed by atoms with E-state index < -0.39 is 5.97 Å². The number of benzene rings is 2. The van der Waals surface area contributed by atoms with E-state index >= 15 is 0 Å². The summed E-state index contributed by atoms with van der Waals surface area (Å²) >= 11 is 13.0. The van der Waals surface area contributed by atoms with Crippen molar-refractivity contribution in [3.63, 3.8) is 0 Å². The molecule has 0 amide bonds. The van der Waals surface area contributed by atoms with Crippen LogP contribution in [-0.4, -0.2) is 40.8 Å². The molecule has 4 heterocycles. The van der Waals surface area contributed by atoms with Crippen molar-refractivity contribution in [2.75, 3.05) is 30.0 Å². The third-order valence-electron chi connectivity index (χ3n) is 8.17. The van der Waals surface area contributed by atoms with Crippen LogP contribution in [0, 0.1) is 11.8 Å². The van der Waals surface area contributed by atoms with E-state index in [0.717, 1.165) is 41.5 Å². The molecule has 216 valence electrons. The number of carbonyl (C=O) groups is 1. The minimum atomic E-state index is -0.396. The highest BCUT2D eigenvalue weighted by Gasteiger charge is 2.42. The van der Waals surface area contributed by atoms with E-state index in [1.807, 2.05) is 59.3 Å². The van der Waals surface area contributed by atoms with Gasteiger partial charge in [-0.2, -0.15) is 0 Å². The Morgan fingerprint density at radius 3 is 2.48 bits per heavy atom. The van der Waals surface area contributed by atoms with Crippen molar-refractivity contribution < 1.29 is 9.53 Å². The van der Waals surface area contributed by atoms with Crippen molar-refractivity contribution in [3.8, 4) is 5.69 Å². The Hall–Kier alpha value is -3.88. The molecule has 0 bridgehead atoms. The maximum absolute atomic E-state index is 12.7. The quantitative estimate of drug-likeness (QED) is 0.190. The topological polar surface area (TPSA) is 62.6 Å². The fourth-order valence-electron chi connectivity index (χ4n) is 6.52. The first-order valence-corrected chi connectivity index (χ1v) is 15.0. The molecule has 2 aliphatic heterocycles. The second kappa shape index (κ2) is 11.8. The van der Waals surface area contributed by atoms with Gasteiger partial charge in [0.25, 0.3) is 0 Å². The maximum atomic E-state index is 12.7. The fraction of sp³-hybridized carbons (Fsp3) is 0.303. The average molecular weight is 600 g/mol. The Morgan fingerprint density at radius 2 is 1.76 bits per heavy atom. The lowest BCUT2D eigenvalue weighted by molar-refractivity contribution is 0.0600. The molecule has 0 spiro atoms. The first-order chi connectivity index (χ1) is 20.4. The molecular formula is C33H34ClN5O2S. The molecule has 9 heteroatoms. The van der Waals surface area contributed by atoms with Gasteiger partial charge in [0.2, 0.25) is 0 Å². The number of nitrogens with zero attached hydrogens (tertiary/aromatic N) is 4. The SMILES string of the molecule is COC(=O)c1ccccc1-n1cccc1[C@@H]1[C@H](c2ccccn2)NC(=S)N1c1ccc(N2C[C@H](C)C[C@@H](C)C2)c(Cl)c1. The van der Waals surface area contributed by atoms with Crippen LogP contribution in [0.15, 0.2) is 85.2 Å². The zero-order valence-corrected chi connectivity index (χ0v) is 25.5. The zero-order valence-electron chi connectivity index (χ0n) is 23.9. The molecule has 2 aliphatic rings. The fourth-order valence-corrected chi connectivity index (χ4v) is 7.16. The molecule has 2 aromatic carbocycles. The second-order valence-corrected chi connectivity index (χ2v) is 12.1. The summed E-state index contributed by atoms with van der Waals surface area (Å²) in [6.07, 6.45) is 4.98. The predicted octanol–water partition coefficient (Wildman–Crippen LogP) is 6.97. The molecule has 2 aromatic heterocycles. The van der Waals surface area contributed by atoms with Crippen molar-refractivity contribution in [1.29, 1.82) is 0 Å². The van der Waals surface area contributed by atoms with E-state index in [2.05, 4.69) is 52.1 Å². The number of hydrogen-bond donors (Lipinski definition) is 1. The summed E-state index contributed by atoms with van der Waals surface area (Å²) in [5, 5.41) is 4.80. The normalized spacial score (nSPS) is 22.2. The maximum Gasteiger partial charge on any atom is 0.339 e. The number of aromatic nitrogens is 2.